The number of piperidine rings is 2. The summed E-state index contributed by atoms with van der Waals surface area (Å²) in [7, 11) is 6.36. The van der Waals surface area contributed by atoms with Gasteiger partial charge in [0.15, 0.2) is 0 Å². The number of ether oxygens (including phenoxy) is 1. The molecule has 6 rings (SSSR count). The summed E-state index contributed by atoms with van der Waals surface area (Å²) in [6.45, 7) is 5.49. The second kappa shape index (κ2) is 12.3. The molecule has 7 nitrogen and oxygen atoms in total. The topological polar surface area (TPSA) is 61.2 Å². The molecule has 0 unspecified atom stereocenters. The van der Waals surface area contributed by atoms with Crippen LogP contribution < -0.4 is 10.1 Å². The lowest BCUT2D eigenvalue weighted by molar-refractivity contribution is 0.0611. The second-order valence-corrected chi connectivity index (χ2v) is 12.7. The number of furan rings is 1. The summed E-state index contributed by atoms with van der Waals surface area (Å²) >= 11 is 6.61. The van der Waals surface area contributed by atoms with Crippen molar-refractivity contribution >= 4 is 39.4 Å². The maximum absolute atomic E-state index is 13.0. The van der Waals surface area contributed by atoms with Gasteiger partial charge >= 0.3 is 0 Å². The van der Waals surface area contributed by atoms with Crippen molar-refractivity contribution in [3.8, 4) is 5.75 Å². The Bertz CT molecular complexity index is 1550. The van der Waals surface area contributed by atoms with Gasteiger partial charge in [-0.2, -0.15) is 0 Å². The van der Waals surface area contributed by atoms with Gasteiger partial charge in [0.1, 0.15) is 23.0 Å². The highest BCUT2D eigenvalue weighted by Crippen LogP contribution is 2.32. The van der Waals surface area contributed by atoms with Crippen LogP contribution in [0.4, 0.5) is 0 Å². The standard InChI is InChI=1S/C34H41ClN4O3/c1-37(2)34(14-18-38(3)19-15-34)23-36-33(40)25-9-11-32(29(35)21-25)41-26-12-16-39(17-13-26)22-24-8-10-31-28(20-24)27-6-4-5-7-30(27)42-31/h4-11,20-21,26H,12-19,22-23H2,1-3H3,(H,36,40). The predicted octanol–water partition coefficient (Wildman–Crippen LogP) is 6.04. The van der Waals surface area contributed by atoms with E-state index in [-0.39, 0.29) is 17.6 Å². The van der Waals surface area contributed by atoms with Gasteiger partial charge in [0.2, 0.25) is 0 Å². The molecule has 3 aromatic carbocycles. The molecule has 0 bridgehead atoms. The number of para-hydroxylation sites is 1. The van der Waals surface area contributed by atoms with Crippen LogP contribution in [-0.2, 0) is 6.54 Å². The molecule has 0 radical (unpaired) electrons. The van der Waals surface area contributed by atoms with Crippen LogP contribution in [0.5, 0.6) is 5.75 Å². The zero-order valence-corrected chi connectivity index (χ0v) is 25.6. The van der Waals surface area contributed by atoms with Crippen molar-refractivity contribution in [1.82, 2.24) is 20.0 Å². The van der Waals surface area contributed by atoms with Gasteiger partial charge in [0, 0.05) is 48.1 Å². The normalized spacial score (nSPS) is 18.6. The predicted molar refractivity (Wildman–Crippen MR) is 170 cm³/mol. The average molecular weight is 589 g/mol. The minimum absolute atomic E-state index is 0.0236. The van der Waals surface area contributed by atoms with Crippen molar-refractivity contribution in [2.75, 3.05) is 53.9 Å². The van der Waals surface area contributed by atoms with Crippen molar-refractivity contribution in [2.45, 2.75) is 43.9 Å². The molecule has 3 heterocycles. The smallest absolute Gasteiger partial charge is 0.251 e. The van der Waals surface area contributed by atoms with Gasteiger partial charge in [0.05, 0.1) is 5.02 Å². The summed E-state index contributed by atoms with van der Waals surface area (Å²) in [6.07, 6.45) is 4.01. The quantitative estimate of drug-likeness (QED) is 0.271. The highest BCUT2D eigenvalue weighted by atomic mass is 35.5. The summed E-state index contributed by atoms with van der Waals surface area (Å²) in [5.74, 6) is 0.544. The molecule has 0 aliphatic carbocycles. The molecule has 1 aromatic heterocycles. The zero-order valence-electron chi connectivity index (χ0n) is 24.9. The van der Waals surface area contributed by atoms with Gasteiger partial charge < -0.3 is 24.3 Å². The van der Waals surface area contributed by atoms with Crippen LogP contribution in [0.25, 0.3) is 21.9 Å². The Hall–Kier alpha value is -3.10. The summed E-state index contributed by atoms with van der Waals surface area (Å²) in [5.41, 5.74) is 3.69. The summed E-state index contributed by atoms with van der Waals surface area (Å²) in [6, 6.07) is 20.1. The van der Waals surface area contributed by atoms with Crippen LogP contribution in [-0.4, -0.2) is 86.1 Å². The lowest BCUT2D eigenvalue weighted by Gasteiger charge is -2.45. The third-order valence-corrected chi connectivity index (χ3v) is 9.61. The number of carbonyl (C=O) groups is 1. The van der Waals surface area contributed by atoms with Crippen LogP contribution in [0.3, 0.4) is 0 Å². The number of rotatable bonds is 8. The molecule has 2 saturated heterocycles. The van der Waals surface area contributed by atoms with Crippen molar-refractivity contribution in [3.63, 3.8) is 0 Å². The van der Waals surface area contributed by atoms with E-state index in [0.29, 0.717) is 22.9 Å². The van der Waals surface area contributed by atoms with E-state index in [0.717, 1.165) is 75.0 Å². The van der Waals surface area contributed by atoms with Gasteiger partial charge in [-0.05, 0) is 102 Å². The maximum Gasteiger partial charge on any atom is 0.251 e. The number of hydrogen-bond donors (Lipinski definition) is 1. The van der Waals surface area contributed by atoms with Gasteiger partial charge in [-0.15, -0.1) is 0 Å². The van der Waals surface area contributed by atoms with Crippen molar-refractivity contribution in [2.24, 2.45) is 0 Å². The number of amides is 1. The molecule has 0 spiro atoms. The number of benzene rings is 3. The van der Waals surface area contributed by atoms with Crippen LogP contribution in [0.2, 0.25) is 5.02 Å². The molecular formula is C34H41ClN4O3. The molecule has 2 aliphatic heterocycles. The van der Waals surface area contributed by atoms with Crippen LogP contribution in [0.15, 0.2) is 65.1 Å². The lowest BCUT2D eigenvalue weighted by Crippen LogP contribution is -2.57. The summed E-state index contributed by atoms with van der Waals surface area (Å²) in [4.78, 5) is 20.1. The van der Waals surface area contributed by atoms with Crippen molar-refractivity contribution in [3.05, 3.63) is 76.8 Å². The first kappa shape index (κ1) is 29.0. The average Bonchev–Trinajstić information content (AvgIpc) is 3.37. The zero-order chi connectivity index (χ0) is 29.3. The number of halogens is 1. The van der Waals surface area contributed by atoms with Crippen molar-refractivity contribution < 1.29 is 13.9 Å². The molecule has 8 heteroatoms. The minimum atomic E-state index is -0.0986. The molecule has 0 saturated carbocycles. The number of hydrogen-bond acceptors (Lipinski definition) is 6. The molecular weight excluding hydrogens is 548 g/mol. The SMILES string of the molecule is CN1CCC(CNC(=O)c2ccc(OC3CCN(Cc4ccc5oc6ccccc6c5c4)CC3)c(Cl)c2)(N(C)C)CC1. The van der Waals surface area contributed by atoms with Gasteiger partial charge in [-0.1, -0.05) is 35.9 Å². The fourth-order valence-electron chi connectivity index (χ4n) is 6.40. The van der Waals surface area contributed by atoms with E-state index in [2.05, 4.69) is 71.5 Å². The number of likely N-dealkylation sites (tertiary alicyclic amines) is 2. The molecule has 1 amide bonds. The minimum Gasteiger partial charge on any atom is -0.489 e. The van der Waals surface area contributed by atoms with Crippen LogP contribution >= 0.6 is 11.6 Å². The van der Waals surface area contributed by atoms with E-state index in [9.17, 15) is 4.79 Å². The largest absolute Gasteiger partial charge is 0.489 e. The van der Waals surface area contributed by atoms with Gasteiger partial charge in [-0.25, -0.2) is 0 Å². The first-order valence-electron chi connectivity index (χ1n) is 15.0. The third kappa shape index (κ3) is 6.16. The molecule has 0 atom stereocenters. The first-order valence-corrected chi connectivity index (χ1v) is 15.4. The van der Waals surface area contributed by atoms with E-state index < -0.39 is 0 Å². The Morgan fingerprint density at radius 3 is 2.48 bits per heavy atom. The summed E-state index contributed by atoms with van der Waals surface area (Å²) < 4.78 is 12.3. The molecule has 4 aromatic rings. The highest BCUT2D eigenvalue weighted by molar-refractivity contribution is 6.32. The lowest BCUT2D eigenvalue weighted by atomic mass is 9.86. The van der Waals surface area contributed by atoms with E-state index in [1.54, 1.807) is 6.07 Å². The Morgan fingerprint density at radius 2 is 1.74 bits per heavy atom. The second-order valence-electron chi connectivity index (χ2n) is 12.3. The number of likely N-dealkylation sites (N-methyl/N-ethyl adjacent to an activating group) is 1. The Kier molecular flexibility index (Phi) is 8.46. The Labute approximate surface area is 253 Å². The van der Waals surface area contributed by atoms with E-state index in [4.69, 9.17) is 20.8 Å². The monoisotopic (exact) mass is 588 g/mol. The molecule has 2 fully saturated rings. The van der Waals surface area contributed by atoms with E-state index in [1.165, 1.54) is 10.9 Å². The van der Waals surface area contributed by atoms with Crippen molar-refractivity contribution in [1.29, 1.82) is 0 Å². The van der Waals surface area contributed by atoms with Gasteiger partial charge in [-0.3, -0.25) is 9.69 Å². The van der Waals surface area contributed by atoms with Gasteiger partial charge in [0.25, 0.3) is 5.91 Å². The summed E-state index contributed by atoms with van der Waals surface area (Å²) in [5, 5.41) is 5.98. The molecule has 42 heavy (non-hydrogen) atoms. The Morgan fingerprint density at radius 1 is 1.00 bits per heavy atom. The van der Waals surface area contributed by atoms with Crippen LogP contribution in [0.1, 0.15) is 41.6 Å². The number of nitrogens with one attached hydrogen (secondary N) is 1. The first-order chi connectivity index (χ1) is 20.3. The number of carbonyl (C=O) groups excluding carboxylic acids is 1. The fourth-order valence-corrected chi connectivity index (χ4v) is 6.62. The third-order valence-electron chi connectivity index (χ3n) is 9.31. The van der Waals surface area contributed by atoms with E-state index >= 15 is 0 Å². The number of nitrogens with zero attached hydrogens (tertiary/aromatic N) is 3. The molecule has 2 aliphatic rings. The number of fused-ring (bicyclic) bond motifs is 3. The highest BCUT2D eigenvalue weighted by Gasteiger charge is 2.36. The Balaban J connectivity index is 1.01. The molecule has 222 valence electrons. The maximum atomic E-state index is 13.0. The van der Waals surface area contributed by atoms with E-state index in [1.807, 2.05) is 24.3 Å². The van der Waals surface area contributed by atoms with Crippen LogP contribution in [0, 0.1) is 0 Å². The fraction of sp³-hybridized carbons (Fsp3) is 0.441. The molecule has 1 N–H and O–H groups in total.